The summed E-state index contributed by atoms with van der Waals surface area (Å²) in [6, 6.07) is 0. The Morgan fingerprint density at radius 2 is 1.25 bits per heavy atom. The summed E-state index contributed by atoms with van der Waals surface area (Å²) >= 11 is 0. The molecule has 0 aliphatic heterocycles. The van der Waals surface area contributed by atoms with Crippen LogP contribution in [0.25, 0.3) is 0 Å². The molecule has 8 heavy (non-hydrogen) atoms. The molecule has 0 amide bonds. The molecular weight excluding hydrogens is 163 g/mol. The Morgan fingerprint density at radius 1 is 1.25 bits per heavy atom. The van der Waals surface area contributed by atoms with E-state index in [1.165, 1.54) is 0 Å². The fourth-order valence-corrected chi connectivity index (χ4v) is 0. The Kier molecular flexibility index (Phi) is 25.0. The van der Waals surface area contributed by atoms with Gasteiger partial charge in [-0.2, -0.15) is 0 Å². The molecule has 0 aliphatic carbocycles. The molecule has 37 valence electrons. The summed E-state index contributed by atoms with van der Waals surface area (Å²) in [7, 11) is -5.64. The molecule has 0 aliphatic rings. The van der Waals surface area contributed by atoms with E-state index >= 15 is 0 Å². The molecule has 0 bridgehead atoms. The third-order valence-electron chi connectivity index (χ3n) is 0. The van der Waals surface area contributed by atoms with Crippen molar-refractivity contribution in [3.05, 3.63) is 0 Å². The normalized spacial score (nSPS) is 7.38. The minimum absolute atomic E-state index is 0. The van der Waals surface area contributed by atoms with Crippen LogP contribution < -0.4 is 47.5 Å². The predicted octanol–water partition coefficient (Wildman–Crippen LogP) is -7.21. The molecule has 0 atom stereocenters. The van der Waals surface area contributed by atoms with E-state index in [0.29, 0.717) is 0 Å². The van der Waals surface area contributed by atoms with Crippen LogP contribution in [0, 0.1) is 0 Å². The summed E-state index contributed by atoms with van der Waals surface area (Å²) in [5.41, 5.74) is 0. The molecule has 8 heteroatoms. The van der Waals surface area contributed by atoms with Gasteiger partial charge >= 0.3 is 37.7 Å². The van der Waals surface area contributed by atoms with Crippen molar-refractivity contribution in [2.45, 2.75) is 0 Å². The summed E-state index contributed by atoms with van der Waals surface area (Å²) in [4.78, 5) is 16.9. The molecule has 0 fully saturated rings. The molecule has 0 spiro atoms. The van der Waals surface area contributed by atoms with Crippen molar-refractivity contribution in [3.63, 3.8) is 0 Å². The van der Waals surface area contributed by atoms with Gasteiger partial charge in [-0.25, -0.2) is 4.20 Å². The van der Waals surface area contributed by atoms with Crippen molar-refractivity contribution < 1.29 is 74.8 Å². The van der Waals surface area contributed by atoms with E-state index in [1.54, 1.807) is 0 Å². The fraction of sp³-hybridized carbons (Fsp3) is 0. The molecule has 0 aromatic carbocycles. The van der Waals surface area contributed by atoms with Gasteiger partial charge in [-0.1, -0.05) is 0 Å². The van der Waals surface area contributed by atoms with Crippen molar-refractivity contribution in [1.82, 2.24) is 0 Å². The third-order valence-corrected chi connectivity index (χ3v) is 0. The molecule has 0 saturated carbocycles. The SMILES string of the molecule is O=P([O-])([O-])F.[Li+].[Li+].[V]. The van der Waals surface area contributed by atoms with Crippen LogP contribution in [0.2, 0.25) is 0 Å². The average molecular weight is 163 g/mol. The topological polar surface area (TPSA) is 63.2 Å². The van der Waals surface area contributed by atoms with Crippen molar-refractivity contribution in [1.29, 1.82) is 0 Å². The molecule has 0 N–H and O–H groups in total. The smallest absolute Gasteiger partial charge is 0.786 e. The van der Waals surface area contributed by atoms with Crippen LogP contribution in [-0.2, 0) is 23.1 Å². The summed E-state index contributed by atoms with van der Waals surface area (Å²) in [6.07, 6.45) is 0. The molecule has 0 aromatic rings. The maximum atomic E-state index is 10.1. The van der Waals surface area contributed by atoms with Crippen LogP contribution in [0.5, 0.6) is 0 Å². The Balaban J connectivity index is -0.0000000267. The van der Waals surface area contributed by atoms with E-state index in [-0.39, 0.29) is 56.3 Å². The summed E-state index contributed by atoms with van der Waals surface area (Å²) in [5, 5.41) is 0. The van der Waals surface area contributed by atoms with Gasteiger partial charge in [0, 0.05) is 18.6 Å². The van der Waals surface area contributed by atoms with Crippen LogP contribution in [-0.4, -0.2) is 0 Å². The third kappa shape index (κ3) is 107. The van der Waals surface area contributed by atoms with E-state index in [0.717, 1.165) is 0 Å². The Morgan fingerprint density at radius 3 is 1.25 bits per heavy atom. The molecule has 0 heterocycles. The molecule has 0 saturated heterocycles. The van der Waals surface area contributed by atoms with Gasteiger partial charge in [-0.05, 0) is 0 Å². The molecule has 3 nitrogen and oxygen atoms in total. The molecule has 0 aromatic heterocycles. The van der Waals surface area contributed by atoms with E-state index < -0.39 is 7.91 Å². The summed E-state index contributed by atoms with van der Waals surface area (Å²) in [6.45, 7) is 0. The average Bonchev–Trinajstić information content (AvgIpc) is 0.722. The van der Waals surface area contributed by atoms with Gasteiger partial charge < -0.3 is 14.4 Å². The van der Waals surface area contributed by atoms with Gasteiger partial charge in [0.05, 0.1) is 0 Å². The second-order valence-corrected chi connectivity index (χ2v) is 1.29. The van der Waals surface area contributed by atoms with E-state index in [9.17, 15) is 4.20 Å². The van der Waals surface area contributed by atoms with E-state index in [4.69, 9.17) is 14.4 Å². The van der Waals surface area contributed by atoms with Crippen LogP contribution in [0.4, 0.5) is 4.20 Å². The quantitative estimate of drug-likeness (QED) is 0.263. The second-order valence-electron chi connectivity index (χ2n) is 0.431. The maximum absolute atomic E-state index is 10.1. The standard InChI is InChI=1S/FH2O3P.2Li.V/c1-5(2,3)4;;;/h(H2,2,3,4);;;/q;2*+1;/p-2. The van der Waals surface area contributed by atoms with Gasteiger partial charge in [0.1, 0.15) is 7.91 Å². The summed E-state index contributed by atoms with van der Waals surface area (Å²) in [5.74, 6) is 0. The summed E-state index contributed by atoms with van der Waals surface area (Å²) < 4.78 is 18.6. The van der Waals surface area contributed by atoms with E-state index in [2.05, 4.69) is 0 Å². The van der Waals surface area contributed by atoms with Crippen molar-refractivity contribution in [2.24, 2.45) is 0 Å². The zero-order valence-electron chi connectivity index (χ0n) is 4.50. The molecule has 0 rings (SSSR count). The molecule has 0 unspecified atom stereocenters. The van der Waals surface area contributed by atoms with Crippen LogP contribution in [0.3, 0.4) is 0 Å². The minimum Gasteiger partial charge on any atom is -0.786 e. The molecular formula is FLi2O3PV. The Hall–Kier alpha value is 1.86. The van der Waals surface area contributed by atoms with Crippen LogP contribution in [0.1, 0.15) is 0 Å². The zero-order chi connectivity index (χ0) is 4.50. The fourth-order valence-electron chi connectivity index (χ4n) is 0. The van der Waals surface area contributed by atoms with Crippen LogP contribution >= 0.6 is 7.91 Å². The second kappa shape index (κ2) is 8.86. The van der Waals surface area contributed by atoms with Gasteiger partial charge in [-0.15, -0.1) is 0 Å². The van der Waals surface area contributed by atoms with Gasteiger partial charge in [0.2, 0.25) is 0 Å². The number of halogens is 1. The Labute approximate surface area is 82.3 Å². The monoisotopic (exact) mass is 163 g/mol. The molecule has 1 radical (unpaired) electrons. The predicted molar refractivity (Wildman–Crippen MR) is 8.71 cm³/mol. The maximum Gasteiger partial charge on any atom is 1.00 e. The zero-order valence-corrected chi connectivity index (χ0v) is 6.79. The first kappa shape index (κ1) is 22.5. The minimum atomic E-state index is -5.64. The van der Waals surface area contributed by atoms with Crippen molar-refractivity contribution in [2.75, 3.05) is 0 Å². The van der Waals surface area contributed by atoms with E-state index in [1.807, 2.05) is 0 Å². The largest absolute Gasteiger partial charge is 1.00 e. The number of rotatable bonds is 0. The first-order valence-electron chi connectivity index (χ1n) is 0.717. The Bertz CT molecular complexity index is 63.4. The van der Waals surface area contributed by atoms with Gasteiger partial charge in [0.15, 0.2) is 0 Å². The first-order chi connectivity index (χ1) is 2.00. The number of hydrogen-bond donors (Lipinski definition) is 0. The number of hydrogen-bond acceptors (Lipinski definition) is 3. The van der Waals surface area contributed by atoms with Gasteiger partial charge in [-0.3, -0.25) is 0 Å². The van der Waals surface area contributed by atoms with Gasteiger partial charge in [0.25, 0.3) is 0 Å². The van der Waals surface area contributed by atoms with Crippen molar-refractivity contribution in [3.8, 4) is 0 Å². The van der Waals surface area contributed by atoms with Crippen LogP contribution in [0.15, 0.2) is 0 Å². The van der Waals surface area contributed by atoms with Crippen molar-refractivity contribution >= 4 is 7.91 Å². The first-order valence-corrected chi connectivity index (χ1v) is 2.15.